The fourth-order valence-electron chi connectivity index (χ4n) is 4.98. The summed E-state index contributed by atoms with van der Waals surface area (Å²) in [5, 5.41) is 22.0. The van der Waals surface area contributed by atoms with Gasteiger partial charge in [-0.15, -0.1) is 23.0 Å². The number of hydrogen-bond acceptors (Lipinski definition) is 9. The molecule has 0 unspecified atom stereocenters. The molecule has 7 nitrogen and oxygen atoms in total. The molecular weight excluding hydrogens is 670 g/mol. The van der Waals surface area contributed by atoms with Crippen LogP contribution in [0.1, 0.15) is 43.8 Å². The molecule has 0 bridgehead atoms. The second kappa shape index (κ2) is 17.1. The third-order valence-corrected chi connectivity index (χ3v) is 9.44. The van der Waals surface area contributed by atoms with Crippen molar-refractivity contribution >= 4 is 71.9 Å². The number of anilines is 2. The number of thiazole rings is 2. The van der Waals surface area contributed by atoms with Crippen molar-refractivity contribution in [1.82, 2.24) is 9.97 Å². The Balaban J connectivity index is 0.000000208. The van der Waals surface area contributed by atoms with Gasteiger partial charge in [-0.3, -0.25) is 4.98 Å². The van der Waals surface area contributed by atoms with E-state index in [1.54, 1.807) is 35.8 Å². The van der Waals surface area contributed by atoms with E-state index in [1.807, 2.05) is 66.7 Å². The van der Waals surface area contributed by atoms with Crippen LogP contribution >= 0.6 is 22.7 Å². The van der Waals surface area contributed by atoms with E-state index < -0.39 is 0 Å². The van der Waals surface area contributed by atoms with E-state index in [2.05, 4.69) is 64.6 Å². The van der Waals surface area contributed by atoms with Crippen molar-refractivity contribution in [3.8, 4) is 11.5 Å². The van der Waals surface area contributed by atoms with E-state index in [-0.39, 0.29) is 28.3 Å². The molecular formula is C37H38CoN5O2S2-. The number of rotatable bonds is 10. The second-order valence-electron chi connectivity index (χ2n) is 10.3. The molecule has 47 heavy (non-hydrogen) atoms. The summed E-state index contributed by atoms with van der Waals surface area (Å²) in [5.74, 6) is 0.502. The summed E-state index contributed by atoms with van der Waals surface area (Å²) in [6.45, 7) is 12.1. The van der Waals surface area contributed by atoms with Gasteiger partial charge in [0.2, 0.25) is 5.13 Å². The molecule has 0 saturated heterocycles. The van der Waals surface area contributed by atoms with Gasteiger partial charge in [-0.05, 0) is 70.2 Å². The summed E-state index contributed by atoms with van der Waals surface area (Å²) in [7, 11) is 0. The topological polar surface area (TPSA) is 85.1 Å². The van der Waals surface area contributed by atoms with E-state index in [9.17, 15) is 10.2 Å². The Hall–Kier alpha value is -4.22. The molecule has 0 aliphatic carbocycles. The Bertz CT molecular complexity index is 1750. The number of phenols is 2. The van der Waals surface area contributed by atoms with Gasteiger partial charge in [0.25, 0.3) is 0 Å². The van der Waals surface area contributed by atoms with E-state index >= 15 is 0 Å². The predicted octanol–water partition coefficient (Wildman–Crippen LogP) is 9.31. The SMILES string of the molecule is CCN(CC)c1ccc(/C=N/c2nc3ccccc3s2)c(O)c1.CCN(CC)c1ccc(C=[C-]c2nc3ccccc3s2)c(O)c1.[Co]. The maximum absolute atomic E-state index is 10.2. The number of benzene rings is 4. The van der Waals surface area contributed by atoms with Crippen LogP contribution in [0, 0.1) is 6.08 Å². The third-order valence-electron chi connectivity index (χ3n) is 7.53. The minimum Gasteiger partial charge on any atom is -0.526 e. The Labute approximate surface area is 294 Å². The van der Waals surface area contributed by atoms with E-state index in [4.69, 9.17) is 0 Å². The zero-order chi connectivity index (χ0) is 32.5. The number of aromatic nitrogens is 2. The first-order valence-corrected chi connectivity index (χ1v) is 17.1. The molecule has 2 N–H and O–H groups in total. The summed E-state index contributed by atoms with van der Waals surface area (Å²) in [4.78, 5) is 17.8. The molecule has 0 spiro atoms. The van der Waals surface area contributed by atoms with Gasteiger partial charge >= 0.3 is 0 Å². The Morgan fingerprint density at radius 2 is 1.19 bits per heavy atom. The van der Waals surface area contributed by atoms with Crippen molar-refractivity contribution in [3.63, 3.8) is 0 Å². The van der Waals surface area contributed by atoms with Gasteiger partial charge in [-0.25, -0.2) is 22.1 Å². The molecule has 0 saturated carbocycles. The maximum atomic E-state index is 10.2. The zero-order valence-corrected chi connectivity index (χ0v) is 29.5. The number of aliphatic imine (C=N–C) groups is 1. The standard InChI is InChI=1S/C19H19N2OS.C18H19N3OS.Co/c1-3-21(4-2)15-11-9-14(17(22)13-15)10-12-19-20-16-7-5-6-8-18(16)23-19;1-3-21(4-2)14-10-9-13(16(22)11-14)12-19-18-20-15-7-5-6-8-17(15)23-18;/h5-11,13,22H,3-4H2,1-2H3;5-12,22H,3-4H2,1-2H3;/q-1;;/b;19-12+;. The first-order valence-electron chi connectivity index (χ1n) is 15.4. The molecule has 1 radical (unpaired) electrons. The molecule has 0 aliphatic rings. The monoisotopic (exact) mass is 707 g/mol. The number of fused-ring (bicyclic) bond motifs is 2. The Morgan fingerprint density at radius 1 is 0.681 bits per heavy atom. The number of phenolic OH excluding ortho intramolecular Hbond substituents is 2. The van der Waals surface area contributed by atoms with Crippen molar-refractivity contribution in [2.24, 2.45) is 4.99 Å². The zero-order valence-electron chi connectivity index (χ0n) is 26.8. The molecule has 6 rings (SSSR count). The van der Waals surface area contributed by atoms with Crippen LogP contribution in [0.2, 0.25) is 0 Å². The van der Waals surface area contributed by atoms with Gasteiger partial charge < -0.3 is 20.0 Å². The van der Waals surface area contributed by atoms with Crippen molar-refractivity contribution in [3.05, 3.63) is 107 Å². The van der Waals surface area contributed by atoms with E-state index in [1.165, 1.54) is 11.3 Å². The first kappa shape index (κ1) is 35.6. The van der Waals surface area contributed by atoms with Gasteiger partial charge in [0.1, 0.15) is 5.75 Å². The molecule has 0 atom stereocenters. The fraction of sp³-hybridized carbons (Fsp3) is 0.216. The number of para-hydroxylation sites is 2. The maximum Gasteiger partial charge on any atom is 0.210 e. The van der Waals surface area contributed by atoms with E-state index in [0.29, 0.717) is 10.7 Å². The van der Waals surface area contributed by atoms with Crippen LogP contribution in [0.3, 0.4) is 0 Å². The van der Waals surface area contributed by atoms with Gasteiger partial charge in [0, 0.05) is 82.9 Å². The van der Waals surface area contributed by atoms with Crippen LogP contribution in [-0.2, 0) is 16.8 Å². The Kier molecular flexibility index (Phi) is 12.9. The minimum atomic E-state index is 0. The van der Waals surface area contributed by atoms with Crippen LogP contribution in [0.4, 0.5) is 16.5 Å². The largest absolute Gasteiger partial charge is 0.526 e. The van der Waals surface area contributed by atoms with Crippen molar-refractivity contribution in [2.75, 3.05) is 36.0 Å². The molecule has 0 fully saturated rings. The molecule has 0 amide bonds. The number of hydrogen-bond donors (Lipinski definition) is 2. The Morgan fingerprint density at radius 3 is 1.70 bits per heavy atom. The van der Waals surface area contributed by atoms with Crippen molar-refractivity contribution in [1.29, 1.82) is 0 Å². The molecule has 4 aromatic carbocycles. The summed E-state index contributed by atoms with van der Waals surface area (Å²) in [6, 6.07) is 27.4. The van der Waals surface area contributed by atoms with Gasteiger partial charge in [0.05, 0.1) is 20.4 Å². The second-order valence-corrected chi connectivity index (χ2v) is 12.4. The third kappa shape index (κ3) is 8.98. The average molecular weight is 708 g/mol. The van der Waals surface area contributed by atoms with Crippen LogP contribution < -0.4 is 9.80 Å². The molecule has 6 aromatic rings. The number of aromatic hydroxyl groups is 2. The van der Waals surface area contributed by atoms with Gasteiger partial charge in [-0.2, -0.15) is 0 Å². The average Bonchev–Trinajstić information content (AvgIpc) is 3.69. The first-order chi connectivity index (χ1) is 22.4. The predicted molar refractivity (Wildman–Crippen MR) is 197 cm³/mol. The molecule has 245 valence electrons. The molecule has 2 aromatic heterocycles. The molecule has 2 heterocycles. The van der Waals surface area contributed by atoms with Crippen molar-refractivity contribution in [2.45, 2.75) is 27.7 Å². The fourth-order valence-corrected chi connectivity index (χ4v) is 6.63. The summed E-state index contributed by atoms with van der Waals surface area (Å²) in [5.41, 5.74) is 5.43. The molecule has 0 aliphatic heterocycles. The summed E-state index contributed by atoms with van der Waals surface area (Å²) < 4.78 is 2.25. The van der Waals surface area contributed by atoms with Crippen LogP contribution in [0.15, 0.2) is 89.9 Å². The summed E-state index contributed by atoms with van der Waals surface area (Å²) >= 11 is 3.13. The van der Waals surface area contributed by atoms with Gasteiger partial charge in [0.15, 0.2) is 0 Å². The smallest absolute Gasteiger partial charge is 0.210 e. The van der Waals surface area contributed by atoms with Crippen LogP contribution in [-0.4, -0.2) is 52.6 Å². The van der Waals surface area contributed by atoms with Crippen molar-refractivity contribution < 1.29 is 27.0 Å². The number of nitrogens with zero attached hydrogens (tertiary/aromatic N) is 5. The minimum absolute atomic E-state index is 0. The van der Waals surface area contributed by atoms with Gasteiger partial charge in [-0.1, -0.05) is 41.7 Å². The van der Waals surface area contributed by atoms with E-state index in [0.717, 1.165) is 68.6 Å². The normalized spacial score (nSPS) is 11.1. The van der Waals surface area contributed by atoms with Crippen LogP contribution in [0.25, 0.3) is 26.5 Å². The quantitative estimate of drug-likeness (QED) is 0.109. The summed E-state index contributed by atoms with van der Waals surface area (Å²) in [6.07, 6.45) is 6.63. The van der Waals surface area contributed by atoms with Crippen LogP contribution in [0.5, 0.6) is 11.5 Å². The molecule has 10 heteroatoms.